The molecular weight excluding hydrogens is 298 g/mol. The highest BCUT2D eigenvalue weighted by molar-refractivity contribution is 7.17. The maximum absolute atomic E-state index is 13.4. The number of allylic oxidation sites excluding steroid dienone is 1. The molecule has 0 spiro atoms. The first-order chi connectivity index (χ1) is 9.90. The molecule has 0 aliphatic heterocycles. The van der Waals surface area contributed by atoms with Crippen molar-refractivity contribution in [2.75, 3.05) is 12.4 Å². The van der Waals surface area contributed by atoms with Gasteiger partial charge in [-0.3, -0.25) is 0 Å². The maximum Gasteiger partial charge on any atom is 0.328 e. The van der Waals surface area contributed by atoms with Crippen LogP contribution in [-0.2, 0) is 4.79 Å². The normalized spacial score (nSPS) is 11.5. The molecule has 0 bridgehead atoms. The Bertz CT molecular complexity index is 706. The van der Waals surface area contributed by atoms with Gasteiger partial charge < -0.3 is 10.4 Å². The average molecular weight is 310 g/mol. The topological polar surface area (TPSA) is 62.2 Å². The fraction of sp³-hybridized carbons (Fsp3) is 0.143. The molecule has 0 atom stereocenters. The van der Waals surface area contributed by atoms with E-state index in [1.54, 1.807) is 14.0 Å². The van der Waals surface area contributed by atoms with Gasteiger partial charge >= 0.3 is 5.97 Å². The number of nitrogens with one attached hydrogen (secondary N) is 1. The first-order valence-electron chi connectivity index (χ1n) is 5.97. The molecule has 2 rings (SSSR count). The Kier molecular flexibility index (Phi) is 4.32. The van der Waals surface area contributed by atoms with Gasteiger partial charge in [-0.05, 0) is 24.6 Å². The van der Waals surface area contributed by atoms with Crippen molar-refractivity contribution < 1.29 is 18.7 Å². The van der Waals surface area contributed by atoms with Gasteiger partial charge in [0.1, 0.15) is 11.6 Å². The molecule has 21 heavy (non-hydrogen) atoms. The van der Waals surface area contributed by atoms with Crippen LogP contribution >= 0.6 is 11.3 Å². The SMILES string of the molecule is CNc1nc(-c2cc(F)cc(F)c2)c(/C(C)=C/C(=O)O)s1. The number of hydrogen-bond acceptors (Lipinski definition) is 4. The van der Waals surface area contributed by atoms with Crippen molar-refractivity contribution in [3.05, 3.63) is 40.8 Å². The molecule has 110 valence electrons. The Labute approximate surface area is 123 Å². The Morgan fingerprint density at radius 1 is 1.33 bits per heavy atom. The van der Waals surface area contributed by atoms with Crippen LogP contribution in [-0.4, -0.2) is 23.1 Å². The first-order valence-corrected chi connectivity index (χ1v) is 6.79. The van der Waals surface area contributed by atoms with E-state index in [0.29, 0.717) is 21.3 Å². The van der Waals surface area contributed by atoms with E-state index in [1.807, 2.05) is 0 Å². The molecule has 7 heteroatoms. The largest absolute Gasteiger partial charge is 0.478 e. The van der Waals surface area contributed by atoms with Crippen LogP contribution < -0.4 is 5.32 Å². The number of rotatable bonds is 4. The van der Waals surface area contributed by atoms with Gasteiger partial charge in [0, 0.05) is 24.8 Å². The molecule has 0 unspecified atom stereocenters. The van der Waals surface area contributed by atoms with E-state index in [1.165, 1.54) is 11.3 Å². The molecule has 0 radical (unpaired) electrons. The van der Waals surface area contributed by atoms with E-state index in [4.69, 9.17) is 5.11 Å². The third kappa shape index (κ3) is 3.43. The lowest BCUT2D eigenvalue weighted by Crippen LogP contribution is -1.92. The lowest BCUT2D eigenvalue weighted by molar-refractivity contribution is -0.131. The number of aliphatic carboxylic acids is 1. The van der Waals surface area contributed by atoms with Crippen molar-refractivity contribution >= 4 is 28.0 Å². The van der Waals surface area contributed by atoms with Crippen LogP contribution in [0.4, 0.5) is 13.9 Å². The molecule has 1 aromatic heterocycles. The summed E-state index contributed by atoms with van der Waals surface area (Å²) in [6.45, 7) is 1.61. The van der Waals surface area contributed by atoms with Crippen LogP contribution in [0.5, 0.6) is 0 Å². The van der Waals surface area contributed by atoms with Crippen molar-refractivity contribution in [1.82, 2.24) is 4.98 Å². The second-order valence-electron chi connectivity index (χ2n) is 4.27. The van der Waals surface area contributed by atoms with Gasteiger partial charge in [-0.15, -0.1) is 0 Å². The zero-order chi connectivity index (χ0) is 15.6. The van der Waals surface area contributed by atoms with Crippen molar-refractivity contribution in [3.8, 4) is 11.3 Å². The number of nitrogens with zero attached hydrogens (tertiary/aromatic N) is 1. The summed E-state index contributed by atoms with van der Waals surface area (Å²) >= 11 is 1.22. The van der Waals surface area contributed by atoms with Crippen LogP contribution in [0, 0.1) is 11.6 Å². The lowest BCUT2D eigenvalue weighted by atomic mass is 10.1. The zero-order valence-electron chi connectivity index (χ0n) is 11.3. The van der Waals surface area contributed by atoms with Gasteiger partial charge in [0.15, 0.2) is 5.13 Å². The summed E-state index contributed by atoms with van der Waals surface area (Å²) in [5, 5.41) is 12.2. The fourth-order valence-corrected chi connectivity index (χ4v) is 2.74. The van der Waals surface area contributed by atoms with E-state index in [0.717, 1.165) is 24.3 Å². The summed E-state index contributed by atoms with van der Waals surface area (Å²) in [7, 11) is 1.66. The van der Waals surface area contributed by atoms with Gasteiger partial charge in [-0.1, -0.05) is 11.3 Å². The lowest BCUT2D eigenvalue weighted by Gasteiger charge is -2.03. The van der Waals surface area contributed by atoms with E-state index < -0.39 is 17.6 Å². The minimum atomic E-state index is -1.09. The minimum absolute atomic E-state index is 0.262. The first kappa shape index (κ1) is 15.1. The molecule has 1 aromatic carbocycles. The second-order valence-corrected chi connectivity index (χ2v) is 5.27. The quantitative estimate of drug-likeness (QED) is 0.847. The Balaban J connectivity index is 2.62. The molecule has 0 saturated heterocycles. The zero-order valence-corrected chi connectivity index (χ0v) is 12.1. The molecule has 0 aliphatic carbocycles. The predicted octanol–water partition coefficient (Wildman–Crippen LogP) is 3.62. The predicted molar refractivity (Wildman–Crippen MR) is 78.3 cm³/mol. The van der Waals surface area contributed by atoms with Crippen molar-refractivity contribution in [1.29, 1.82) is 0 Å². The molecule has 0 amide bonds. The highest BCUT2D eigenvalue weighted by Crippen LogP contribution is 2.36. The van der Waals surface area contributed by atoms with E-state index >= 15 is 0 Å². The number of hydrogen-bond donors (Lipinski definition) is 2. The van der Waals surface area contributed by atoms with Gasteiger partial charge in [0.05, 0.1) is 10.6 Å². The smallest absolute Gasteiger partial charge is 0.328 e. The number of aromatic nitrogens is 1. The second kappa shape index (κ2) is 6.01. The molecule has 1 heterocycles. The number of carbonyl (C=O) groups is 1. The third-order valence-corrected chi connectivity index (χ3v) is 3.88. The summed E-state index contributed by atoms with van der Waals surface area (Å²) in [5.74, 6) is -2.52. The third-order valence-electron chi connectivity index (χ3n) is 2.68. The van der Waals surface area contributed by atoms with Gasteiger partial charge in [-0.2, -0.15) is 0 Å². The van der Waals surface area contributed by atoms with Crippen LogP contribution in [0.3, 0.4) is 0 Å². The van der Waals surface area contributed by atoms with Gasteiger partial charge in [0.2, 0.25) is 0 Å². The van der Waals surface area contributed by atoms with Crippen molar-refractivity contribution in [2.45, 2.75) is 6.92 Å². The fourth-order valence-electron chi connectivity index (χ4n) is 1.83. The van der Waals surface area contributed by atoms with E-state index in [2.05, 4.69) is 10.3 Å². The number of carboxylic acids is 1. The standard InChI is InChI=1S/C14H12F2N2O2S/c1-7(3-11(19)20)13-12(18-14(17-2)21-13)8-4-9(15)6-10(16)5-8/h3-6H,1-2H3,(H,17,18)(H,19,20)/b7-3+. The number of halogens is 2. The molecule has 0 aliphatic rings. The highest BCUT2D eigenvalue weighted by Gasteiger charge is 2.16. The number of benzene rings is 1. The molecule has 0 fully saturated rings. The maximum atomic E-state index is 13.4. The number of carboxylic acid groups (broad SMARTS) is 1. The minimum Gasteiger partial charge on any atom is -0.478 e. The highest BCUT2D eigenvalue weighted by atomic mass is 32.1. The van der Waals surface area contributed by atoms with Gasteiger partial charge in [0.25, 0.3) is 0 Å². The van der Waals surface area contributed by atoms with Crippen LogP contribution in [0.2, 0.25) is 0 Å². The average Bonchev–Trinajstić information content (AvgIpc) is 2.81. The Morgan fingerprint density at radius 3 is 2.48 bits per heavy atom. The summed E-state index contributed by atoms with van der Waals surface area (Å²) in [5.41, 5.74) is 1.07. The number of anilines is 1. The molecule has 2 aromatic rings. The number of thiazole rings is 1. The summed E-state index contributed by atoms with van der Waals surface area (Å²) in [6, 6.07) is 3.10. The molecular formula is C14H12F2N2O2S. The van der Waals surface area contributed by atoms with Crippen LogP contribution in [0.25, 0.3) is 16.8 Å². The Hall–Kier alpha value is -2.28. The van der Waals surface area contributed by atoms with Crippen molar-refractivity contribution in [2.24, 2.45) is 0 Å². The van der Waals surface area contributed by atoms with Crippen molar-refractivity contribution in [3.63, 3.8) is 0 Å². The van der Waals surface area contributed by atoms with E-state index in [-0.39, 0.29) is 5.56 Å². The summed E-state index contributed by atoms with van der Waals surface area (Å²) in [4.78, 5) is 15.6. The van der Waals surface area contributed by atoms with Crippen LogP contribution in [0.15, 0.2) is 24.3 Å². The summed E-state index contributed by atoms with van der Waals surface area (Å²) in [6.07, 6.45) is 1.03. The molecule has 0 saturated carbocycles. The van der Waals surface area contributed by atoms with Gasteiger partial charge in [-0.25, -0.2) is 18.6 Å². The molecule has 4 nitrogen and oxygen atoms in total. The monoisotopic (exact) mass is 310 g/mol. The van der Waals surface area contributed by atoms with E-state index in [9.17, 15) is 13.6 Å². The Morgan fingerprint density at radius 2 is 1.95 bits per heavy atom. The summed E-state index contributed by atoms with van der Waals surface area (Å²) < 4.78 is 26.7. The molecule has 2 N–H and O–H groups in total. The van der Waals surface area contributed by atoms with Crippen LogP contribution in [0.1, 0.15) is 11.8 Å².